The number of fused-ring (bicyclic) bond motifs is 1. The fourth-order valence-corrected chi connectivity index (χ4v) is 3.57. The molecule has 2 aromatic rings. The number of nitrogen functional groups attached to an aromatic ring is 1. The standard InChI is InChI=1S/C15H19Cl2N3/c1-15(5-3-2-4-6-15)9-20-13-8-11(17)10(16)7-12(13)19-14(20)18/h7-8H,2-6,9H2,1H3,(H2,18,19). The molecule has 1 heterocycles. The largest absolute Gasteiger partial charge is 0.369 e. The van der Waals surface area contributed by atoms with Crippen LogP contribution in [-0.4, -0.2) is 9.55 Å². The van der Waals surface area contributed by atoms with Gasteiger partial charge in [-0.2, -0.15) is 0 Å². The molecule has 0 aliphatic heterocycles. The van der Waals surface area contributed by atoms with E-state index in [-0.39, 0.29) is 0 Å². The molecule has 0 amide bonds. The number of hydrogen-bond acceptors (Lipinski definition) is 2. The van der Waals surface area contributed by atoms with E-state index in [1.165, 1.54) is 32.1 Å². The summed E-state index contributed by atoms with van der Waals surface area (Å²) in [6.45, 7) is 3.24. The highest BCUT2D eigenvalue weighted by Gasteiger charge is 2.28. The smallest absolute Gasteiger partial charge is 0.201 e. The Hall–Kier alpha value is -0.930. The Labute approximate surface area is 129 Å². The van der Waals surface area contributed by atoms with E-state index in [0.29, 0.717) is 21.4 Å². The van der Waals surface area contributed by atoms with Gasteiger partial charge in [0.1, 0.15) is 0 Å². The molecule has 0 radical (unpaired) electrons. The maximum Gasteiger partial charge on any atom is 0.201 e. The van der Waals surface area contributed by atoms with Gasteiger partial charge >= 0.3 is 0 Å². The van der Waals surface area contributed by atoms with Gasteiger partial charge < -0.3 is 10.3 Å². The van der Waals surface area contributed by atoms with Crippen molar-refractivity contribution in [3.63, 3.8) is 0 Å². The van der Waals surface area contributed by atoms with Crippen molar-refractivity contribution in [1.29, 1.82) is 0 Å². The molecule has 0 atom stereocenters. The van der Waals surface area contributed by atoms with Crippen LogP contribution in [0.15, 0.2) is 12.1 Å². The minimum Gasteiger partial charge on any atom is -0.369 e. The molecule has 108 valence electrons. The summed E-state index contributed by atoms with van der Waals surface area (Å²) in [5, 5.41) is 1.07. The quantitative estimate of drug-likeness (QED) is 0.857. The van der Waals surface area contributed by atoms with E-state index >= 15 is 0 Å². The topological polar surface area (TPSA) is 43.8 Å². The van der Waals surface area contributed by atoms with Gasteiger partial charge in [-0.05, 0) is 30.4 Å². The third-order valence-corrected chi connectivity index (χ3v) is 5.14. The van der Waals surface area contributed by atoms with Crippen LogP contribution in [0.3, 0.4) is 0 Å². The molecule has 1 fully saturated rings. The molecule has 1 aliphatic rings. The van der Waals surface area contributed by atoms with Gasteiger partial charge in [0.15, 0.2) is 0 Å². The van der Waals surface area contributed by atoms with Crippen LogP contribution in [0, 0.1) is 5.41 Å². The first-order chi connectivity index (χ1) is 9.48. The second-order valence-corrected chi connectivity index (χ2v) is 7.00. The van der Waals surface area contributed by atoms with Crippen molar-refractivity contribution in [1.82, 2.24) is 9.55 Å². The summed E-state index contributed by atoms with van der Waals surface area (Å²) in [6, 6.07) is 3.66. The average molecular weight is 312 g/mol. The Morgan fingerprint density at radius 3 is 2.55 bits per heavy atom. The first-order valence-corrected chi connectivity index (χ1v) is 7.85. The minimum atomic E-state index is 0.298. The number of nitrogens with zero attached hydrogens (tertiary/aromatic N) is 2. The molecule has 5 heteroatoms. The normalized spacial score (nSPS) is 18.6. The Morgan fingerprint density at radius 2 is 1.85 bits per heavy atom. The predicted molar refractivity (Wildman–Crippen MR) is 85.4 cm³/mol. The number of aromatic nitrogens is 2. The number of hydrogen-bond donors (Lipinski definition) is 1. The van der Waals surface area contributed by atoms with Gasteiger partial charge in [0.25, 0.3) is 0 Å². The number of nitrogens with two attached hydrogens (primary N) is 1. The van der Waals surface area contributed by atoms with Crippen molar-refractivity contribution in [3.05, 3.63) is 22.2 Å². The number of anilines is 1. The summed E-state index contributed by atoms with van der Waals surface area (Å²) in [5.74, 6) is 0.546. The minimum absolute atomic E-state index is 0.298. The maximum absolute atomic E-state index is 6.13. The lowest BCUT2D eigenvalue weighted by Gasteiger charge is -2.34. The Kier molecular flexibility index (Phi) is 3.59. The molecule has 1 saturated carbocycles. The van der Waals surface area contributed by atoms with Gasteiger partial charge in [-0.25, -0.2) is 4.98 Å². The van der Waals surface area contributed by atoms with Crippen LogP contribution in [0.2, 0.25) is 10.0 Å². The third kappa shape index (κ3) is 2.49. The second kappa shape index (κ2) is 5.12. The first kappa shape index (κ1) is 14.0. The molecule has 1 aromatic heterocycles. The SMILES string of the molecule is CC1(Cn2c(N)nc3cc(Cl)c(Cl)cc32)CCCCC1. The zero-order valence-corrected chi connectivity index (χ0v) is 13.1. The zero-order chi connectivity index (χ0) is 14.3. The summed E-state index contributed by atoms with van der Waals surface area (Å²) in [5.41, 5.74) is 8.18. The number of rotatable bonds is 2. The average Bonchev–Trinajstić information content (AvgIpc) is 2.67. The van der Waals surface area contributed by atoms with Crippen LogP contribution in [0.1, 0.15) is 39.0 Å². The van der Waals surface area contributed by atoms with E-state index in [4.69, 9.17) is 28.9 Å². The first-order valence-electron chi connectivity index (χ1n) is 7.09. The Balaban J connectivity index is 2.02. The van der Waals surface area contributed by atoms with Crippen molar-refractivity contribution >= 4 is 40.2 Å². The predicted octanol–water partition coefficient (Wildman–Crippen LogP) is 4.90. The maximum atomic E-state index is 6.13. The molecule has 0 spiro atoms. The lowest BCUT2D eigenvalue weighted by Crippen LogP contribution is -2.26. The third-order valence-electron chi connectivity index (χ3n) is 4.42. The number of benzene rings is 1. The van der Waals surface area contributed by atoms with E-state index in [1.54, 1.807) is 6.07 Å². The van der Waals surface area contributed by atoms with Crippen molar-refractivity contribution in [2.75, 3.05) is 5.73 Å². The molecule has 1 aromatic carbocycles. The highest BCUT2D eigenvalue weighted by molar-refractivity contribution is 6.42. The molecular weight excluding hydrogens is 293 g/mol. The summed E-state index contributed by atoms with van der Waals surface area (Å²) < 4.78 is 2.09. The Bertz CT molecular complexity index is 642. The van der Waals surface area contributed by atoms with Crippen LogP contribution in [-0.2, 0) is 6.54 Å². The monoisotopic (exact) mass is 311 g/mol. The van der Waals surface area contributed by atoms with Crippen LogP contribution in [0.25, 0.3) is 11.0 Å². The molecular formula is C15H19Cl2N3. The molecule has 3 nitrogen and oxygen atoms in total. The van der Waals surface area contributed by atoms with E-state index in [2.05, 4.69) is 16.5 Å². The highest BCUT2D eigenvalue weighted by Crippen LogP contribution is 2.39. The van der Waals surface area contributed by atoms with Crippen LogP contribution in [0.4, 0.5) is 5.95 Å². The summed E-state index contributed by atoms with van der Waals surface area (Å²) in [6.07, 6.45) is 6.43. The van der Waals surface area contributed by atoms with Crippen molar-refractivity contribution in [2.45, 2.75) is 45.6 Å². The van der Waals surface area contributed by atoms with Crippen molar-refractivity contribution < 1.29 is 0 Å². The zero-order valence-electron chi connectivity index (χ0n) is 11.6. The molecule has 2 N–H and O–H groups in total. The highest BCUT2D eigenvalue weighted by atomic mass is 35.5. The van der Waals surface area contributed by atoms with Crippen molar-refractivity contribution in [3.8, 4) is 0 Å². The van der Waals surface area contributed by atoms with E-state index in [0.717, 1.165) is 17.6 Å². The van der Waals surface area contributed by atoms with Crippen LogP contribution >= 0.6 is 23.2 Å². The van der Waals surface area contributed by atoms with Gasteiger partial charge in [0.05, 0.1) is 21.1 Å². The van der Waals surface area contributed by atoms with Gasteiger partial charge in [-0.15, -0.1) is 0 Å². The summed E-state index contributed by atoms with van der Waals surface area (Å²) in [4.78, 5) is 4.41. The number of halogens is 2. The lowest BCUT2D eigenvalue weighted by atomic mass is 9.75. The summed E-state index contributed by atoms with van der Waals surface area (Å²) >= 11 is 12.2. The van der Waals surface area contributed by atoms with Gasteiger partial charge in [-0.3, -0.25) is 0 Å². The lowest BCUT2D eigenvalue weighted by molar-refractivity contribution is 0.186. The molecule has 3 rings (SSSR count). The van der Waals surface area contributed by atoms with E-state index < -0.39 is 0 Å². The van der Waals surface area contributed by atoms with E-state index in [1.807, 2.05) is 6.07 Å². The molecule has 0 bridgehead atoms. The molecule has 20 heavy (non-hydrogen) atoms. The number of imidazole rings is 1. The summed E-state index contributed by atoms with van der Waals surface area (Å²) in [7, 11) is 0. The van der Waals surface area contributed by atoms with Crippen LogP contribution < -0.4 is 5.73 Å². The van der Waals surface area contributed by atoms with Gasteiger partial charge in [0, 0.05) is 6.54 Å². The van der Waals surface area contributed by atoms with Crippen molar-refractivity contribution in [2.24, 2.45) is 5.41 Å². The molecule has 0 unspecified atom stereocenters. The molecule has 1 aliphatic carbocycles. The fourth-order valence-electron chi connectivity index (χ4n) is 3.25. The van der Waals surface area contributed by atoms with Gasteiger partial charge in [0.2, 0.25) is 5.95 Å². The van der Waals surface area contributed by atoms with Gasteiger partial charge in [-0.1, -0.05) is 49.4 Å². The van der Waals surface area contributed by atoms with Crippen LogP contribution in [0.5, 0.6) is 0 Å². The second-order valence-electron chi connectivity index (χ2n) is 6.18. The Morgan fingerprint density at radius 1 is 1.20 bits per heavy atom. The van der Waals surface area contributed by atoms with E-state index in [9.17, 15) is 0 Å². The fraction of sp³-hybridized carbons (Fsp3) is 0.533. The molecule has 0 saturated heterocycles.